The monoisotopic (exact) mass is 357 g/mol. The lowest BCUT2D eigenvalue weighted by Gasteiger charge is -2.19. The lowest BCUT2D eigenvalue weighted by atomic mass is 10.1. The van der Waals surface area contributed by atoms with Gasteiger partial charge >= 0.3 is 0 Å². The fourth-order valence-corrected chi connectivity index (χ4v) is 3.04. The molecule has 0 aromatic carbocycles. The van der Waals surface area contributed by atoms with Crippen LogP contribution in [0.1, 0.15) is 23.9 Å². The Labute approximate surface area is 154 Å². The lowest BCUT2D eigenvalue weighted by molar-refractivity contribution is 0.210. The first-order valence-electron chi connectivity index (χ1n) is 9.11. The summed E-state index contributed by atoms with van der Waals surface area (Å²) >= 11 is 0. The molecule has 0 saturated heterocycles. The Bertz CT molecular complexity index is 695. The molecule has 140 valence electrons. The van der Waals surface area contributed by atoms with Crippen LogP contribution in [0.4, 0.5) is 11.8 Å². The van der Waals surface area contributed by atoms with E-state index in [1.807, 2.05) is 0 Å². The van der Waals surface area contributed by atoms with E-state index in [9.17, 15) is 0 Å². The number of aromatic nitrogens is 4. The Morgan fingerprint density at radius 3 is 2.92 bits per heavy atom. The molecule has 1 aliphatic heterocycles. The lowest BCUT2D eigenvalue weighted by Crippen LogP contribution is -2.22. The number of ether oxygens (including phenoxy) is 1. The number of nitrogens with one attached hydrogen (secondary N) is 3. The zero-order valence-electron chi connectivity index (χ0n) is 15.5. The number of nitrogens with zero attached hydrogens (tertiary/aromatic N) is 4. The predicted molar refractivity (Wildman–Crippen MR) is 101 cm³/mol. The molecule has 8 nitrogen and oxygen atoms in total. The molecule has 0 bridgehead atoms. The fraction of sp³-hybridized carbons (Fsp3) is 0.556. The van der Waals surface area contributed by atoms with E-state index in [4.69, 9.17) is 14.7 Å². The summed E-state index contributed by atoms with van der Waals surface area (Å²) in [5.74, 6) is 1.56. The molecule has 0 unspecified atom stereocenters. The quantitative estimate of drug-likeness (QED) is 0.604. The highest BCUT2D eigenvalue weighted by atomic mass is 16.5. The highest BCUT2D eigenvalue weighted by Gasteiger charge is 2.18. The number of rotatable bonds is 8. The molecule has 3 N–H and O–H groups in total. The number of hydrogen-bond acceptors (Lipinski definition) is 8. The third kappa shape index (κ3) is 5.09. The normalized spacial score (nSPS) is 15.0. The molecule has 2 aromatic heterocycles. The Morgan fingerprint density at radius 2 is 2.12 bits per heavy atom. The van der Waals surface area contributed by atoms with E-state index in [2.05, 4.69) is 32.8 Å². The zero-order chi connectivity index (χ0) is 18.2. The highest BCUT2D eigenvalue weighted by Crippen LogP contribution is 2.22. The van der Waals surface area contributed by atoms with Crippen molar-refractivity contribution < 1.29 is 4.74 Å². The summed E-state index contributed by atoms with van der Waals surface area (Å²) in [5.41, 5.74) is 3.28. The maximum absolute atomic E-state index is 5.10. The number of methoxy groups -OCH3 is 1. The first kappa shape index (κ1) is 18.5. The van der Waals surface area contributed by atoms with Gasteiger partial charge in [-0.3, -0.25) is 9.97 Å². The smallest absolute Gasteiger partial charge is 0.224 e. The van der Waals surface area contributed by atoms with Crippen molar-refractivity contribution in [3.63, 3.8) is 0 Å². The molecule has 3 heterocycles. The van der Waals surface area contributed by atoms with Crippen LogP contribution in [0.25, 0.3) is 0 Å². The predicted octanol–water partition coefficient (Wildman–Crippen LogP) is 1.06. The van der Waals surface area contributed by atoms with E-state index in [1.54, 1.807) is 25.7 Å². The molecule has 26 heavy (non-hydrogen) atoms. The van der Waals surface area contributed by atoms with Crippen molar-refractivity contribution in [2.45, 2.75) is 32.2 Å². The summed E-state index contributed by atoms with van der Waals surface area (Å²) in [5, 5.41) is 10.2. The molecule has 3 rings (SSSR count). The van der Waals surface area contributed by atoms with Gasteiger partial charge in [-0.25, -0.2) is 4.98 Å². The molecule has 1 aliphatic rings. The summed E-state index contributed by atoms with van der Waals surface area (Å²) in [6, 6.07) is 0.189. The maximum Gasteiger partial charge on any atom is 0.224 e. The summed E-state index contributed by atoms with van der Waals surface area (Å²) in [7, 11) is 1.69. The van der Waals surface area contributed by atoms with Gasteiger partial charge < -0.3 is 20.7 Å². The highest BCUT2D eigenvalue weighted by molar-refractivity contribution is 5.52. The SMILES string of the molecule is COCCNc1nc2c(c(N[C@@H](C)Cc3cnccn3)n1)CCNCC2. The van der Waals surface area contributed by atoms with Crippen molar-refractivity contribution in [1.29, 1.82) is 0 Å². The van der Waals surface area contributed by atoms with Gasteiger partial charge in [0.15, 0.2) is 0 Å². The maximum atomic E-state index is 5.10. The molecular formula is C18H27N7O. The van der Waals surface area contributed by atoms with Gasteiger partial charge in [-0.15, -0.1) is 0 Å². The van der Waals surface area contributed by atoms with Gasteiger partial charge in [0.1, 0.15) is 5.82 Å². The summed E-state index contributed by atoms with van der Waals surface area (Å²) in [6.45, 7) is 5.32. The molecule has 0 fully saturated rings. The Balaban J connectivity index is 1.77. The van der Waals surface area contributed by atoms with Crippen LogP contribution in [-0.4, -0.2) is 59.3 Å². The van der Waals surface area contributed by atoms with Crippen LogP contribution in [0.2, 0.25) is 0 Å². The van der Waals surface area contributed by atoms with Crippen molar-refractivity contribution in [2.75, 3.05) is 44.0 Å². The van der Waals surface area contributed by atoms with Gasteiger partial charge in [-0.2, -0.15) is 4.98 Å². The van der Waals surface area contributed by atoms with Crippen LogP contribution in [0, 0.1) is 0 Å². The molecule has 0 amide bonds. The average Bonchev–Trinajstić information content (AvgIpc) is 2.88. The Kier molecular flexibility index (Phi) is 6.68. The Morgan fingerprint density at radius 1 is 1.23 bits per heavy atom. The standard InChI is InChI=1S/C18H27N7O/c1-13(11-14-12-20-7-8-21-14)23-17-15-3-5-19-6-4-16(15)24-18(25-17)22-9-10-26-2/h7-8,12-13,19H,3-6,9-11H2,1-2H3,(H2,22,23,24,25)/t13-/m0/s1. The second-order valence-corrected chi connectivity index (χ2v) is 6.44. The molecular weight excluding hydrogens is 330 g/mol. The average molecular weight is 357 g/mol. The van der Waals surface area contributed by atoms with E-state index < -0.39 is 0 Å². The van der Waals surface area contributed by atoms with E-state index in [0.717, 1.165) is 49.6 Å². The summed E-state index contributed by atoms with van der Waals surface area (Å²) < 4.78 is 5.10. The number of hydrogen-bond donors (Lipinski definition) is 3. The molecule has 0 spiro atoms. The van der Waals surface area contributed by atoms with Gasteiger partial charge in [0, 0.05) is 63.2 Å². The topological polar surface area (TPSA) is 96.9 Å². The summed E-state index contributed by atoms with van der Waals surface area (Å²) in [4.78, 5) is 17.9. The van der Waals surface area contributed by atoms with Crippen LogP contribution < -0.4 is 16.0 Å². The van der Waals surface area contributed by atoms with Crippen molar-refractivity contribution in [3.8, 4) is 0 Å². The molecule has 0 aliphatic carbocycles. The van der Waals surface area contributed by atoms with Crippen molar-refractivity contribution >= 4 is 11.8 Å². The second-order valence-electron chi connectivity index (χ2n) is 6.44. The minimum Gasteiger partial charge on any atom is -0.383 e. The second kappa shape index (κ2) is 9.40. The van der Waals surface area contributed by atoms with Crippen LogP contribution >= 0.6 is 0 Å². The first-order valence-corrected chi connectivity index (χ1v) is 9.11. The van der Waals surface area contributed by atoms with E-state index in [0.29, 0.717) is 19.1 Å². The van der Waals surface area contributed by atoms with Crippen molar-refractivity contribution in [3.05, 3.63) is 35.5 Å². The van der Waals surface area contributed by atoms with Crippen LogP contribution in [0.3, 0.4) is 0 Å². The van der Waals surface area contributed by atoms with E-state index in [1.165, 1.54) is 5.56 Å². The van der Waals surface area contributed by atoms with Gasteiger partial charge in [0.25, 0.3) is 0 Å². The number of fused-ring (bicyclic) bond motifs is 1. The number of anilines is 2. The van der Waals surface area contributed by atoms with Crippen molar-refractivity contribution in [1.82, 2.24) is 25.3 Å². The van der Waals surface area contributed by atoms with Gasteiger partial charge in [0.05, 0.1) is 18.0 Å². The largest absolute Gasteiger partial charge is 0.383 e. The molecule has 2 aromatic rings. The molecule has 0 radical (unpaired) electrons. The molecule has 8 heteroatoms. The summed E-state index contributed by atoms with van der Waals surface area (Å²) in [6.07, 6.45) is 7.84. The molecule has 1 atom stereocenters. The van der Waals surface area contributed by atoms with Crippen LogP contribution in [0.5, 0.6) is 0 Å². The van der Waals surface area contributed by atoms with E-state index in [-0.39, 0.29) is 6.04 Å². The van der Waals surface area contributed by atoms with E-state index >= 15 is 0 Å². The van der Waals surface area contributed by atoms with Gasteiger partial charge in [-0.1, -0.05) is 0 Å². The fourth-order valence-electron chi connectivity index (χ4n) is 3.04. The molecule has 0 saturated carbocycles. The Hall–Kier alpha value is -2.32. The minimum atomic E-state index is 0.189. The van der Waals surface area contributed by atoms with Crippen molar-refractivity contribution in [2.24, 2.45) is 0 Å². The van der Waals surface area contributed by atoms with Crippen LogP contribution in [-0.2, 0) is 24.0 Å². The zero-order valence-corrected chi connectivity index (χ0v) is 15.5. The van der Waals surface area contributed by atoms with Gasteiger partial charge in [0.2, 0.25) is 5.95 Å². The first-order chi connectivity index (χ1) is 12.8. The third-order valence-corrected chi connectivity index (χ3v) is 4.29. The van der Waals surface area contributed by atoms with Crippen LogP contribution in [0.15, 0.2) is 18.6 Å². The minimum absolute atomic E-state index is 0.189. The van der Waals surface area contributed by atoms with Gasteiger partial charge in [-0.05, 0) is 19.9 Å². The third-order valence-electron chi connectivity index (χ3n) is 4.29.